The number of allylic oxidation sites excluding steroid dienone is 1. The lowest BCUT2D eigenvalue weighted by atomic mass is 10.1. The van der Waals surface area contributed by atoms with E-state index in [1.54, 1.807) is 6.92 Å². The molecule has 1 aromatic rings. The average Bonchev–Trinajstić information content (AvgIpc) is 2.80. The summed E-state index contributed by atoms with van der Waals surface area (Å²) in [5, 5.41) is 9.46. The lowest BCUT2D eigenvalue weighted by Crippen LogP contribution is -2.28. The van der Waals surface area contributed by atoms with E-state index in [-0.39, 0.29) is 18.2 Å². The minimum absolute atomic E-state index is 0.0932. The third-order valence-corrected chi connectivity index (χ3v) is 4.23. The quantitative estimate of drug-likeness (QED) is 0.722. The van der Waals surface area contributed by atoms with Crippen molar-refractivity contribution >= 4 is 34.4 Å². The number of rotatable bonds is 5. The first-order valence-corrected chi connectivity index (χ1v) is 8.07. The minimum atomic E-state index is -0.480. The first-order valence-electron chi connectivity index (χ1n) is 7.19. The van der Waals surface area contributed by atoms with Gasteiger partial charge in [-0.05, 0) is 32.4 Å². The molecule has 1 aliphatic rings. The Kier molecular flexibility index (Phi) is 5.44. The summed E-state index contributed by atoms with van der Waals surface area (Å²) in [6, 6.07) is 5.81. The number of carbonyl (C=O) groups is 2. The molecule has 0 aromatic heterocycles. The van der Waals surface area contributed by atoms with E-state index in [0.29, 0.717) is 10.9 Å². The molecule has 1 fully saturated rings. The number of benzene rings is 1. The van der Waals surface area contributed by atoms with Crippen LogP contribution < -0.4 is 16.1 Å². The maximum absolute atomic E-state index is 12.1. The Bertz CT molecular complexity index is 685. The zero-order valence-corrected chi connectivity index (χ0v) is 14.2. The van der Waals surface area contributed by atoms with Gasteiger partial charge in [0.25, 0.3) is 0 Å². The fraction of sp³-hybridized carbons (Fsp3) is 0.312. The van der Waals surface area contributed by atoms with E-state index in [1.165, 1.54) is 11.8 Å². The van der Waals surface area contributed by atoms with Gasteiger partial charge in [-0.3, -0.25) is 15.0 Å². The van der Waals surface area contributed by atoms with Gasteiger partial charge in [0.05, 0.1) is 0 Å². The topological polar surface area (TPSA) is 82.6 Å². The summed E-state index contributed by atoms with van der Waals surface area (Å²) in [5.41, 5.74) is 6.26. The highest BCUT2D eigenvalue weighted by molar-refractivity contribution is 8.15. The van der Waals surface area contributed by atoms with Gasteiger partial charge in [-0.1, -0.05) is 36.0 Å². The molecule has 23 heavy (non-hydrogen) atoms. The molecule has 7 heteroatoms. The lowest BCUT2D eigenvalue weighted by Gasteiger charge is -2.10. The van der Waals surface area contributed by atoms with Crippen LogP contribution in [0.2, 0.25) is 0 Å². The minimum Gasteiger partial charge on any atom is -0.326 e. The normalized spacial score (nSPS) is 18.7. The monoisotopic (exact) mass is 332 g/mol. The van der Waals surface area contributed by atoms with E-state index >= 15 is 0 Å². The Balaban J connectivity index is 1.94. The first kappa shape index (κ1) is 17.1. The fourth-order valence-corrected chi connectivity index (χ4v) is 2.99. The number of anilines is 1. The molecule has 1 saturated heterocycles. The maximum atomic E-state index is 12.1. The second-order valence-corrected chi connectivity index (χ2v) is 6.67. The molecule has 0 bridgehead atoms. The van der Waals surface area contributed by atoms with Crippen LogP contribution in [0.3, 0.4) is 0 Å². The molecule has 0 radical (unpaired) electrons. The van der Waals surface area contributed by atoms with Crippen molar-refractivity contribution in [1.29, 1.82) is 0 Å². The Labute approximate surface area is 139 Å². The SMILES string of the molecule is C=C(C)N/N=C1\NC(=O)C(CC(=O)Nc2ccc(C)cc2C)S1. The highest BCUT2D eigenvalue weighted by atomic mass is 32.2. The molecule has 3 N–H and O–H groups in total. The molecule has 2 amide bonds. The Hall–Kier alpha value is -2.28. The summed E-state index contributed by atoms with van der Waals surface area (Å²) in [4.78, 5) is 24.0. The van der Waals surface area contributed by atoms with Gasteiger partial charge in [-0.25, -0.2) is 0 Å². The van der Waals surface area contributed by atoms with Crippen molar-refractivity contribution in [2.45, 2.75) is 32.4 Å². The zero-order chi connectivity index (χ0) is 17.0. The van der Waals surface area contributed by atoms with E-state index in [2.05, 4.69) is 27.7 Å². The van der Waals surface area contributed by atoms with Crippen molar-refractivity contribution in [2.75, 3.05) is 5.32 Å². The molecule has 0 spiro atoms. The van der Waals surface area contributed by atoms with Crippen LogP contribution in [0.25, 0.3) is 0 Å². The van der Waals surface area contributed by atoms with E-state index in [1.807, 2.05) is 32.0 Å². The molecule has 1 unspecified atom stereocenters. The number of hydrogen-bond donors (Lipinski definition) is 3. The molecule has 122 valence electrons. The standard InChI is InChI=1S/C16H20N4O2S/c1-9(2)19-20-16-18-15(22)13(23-16)8-14(21)17-12-6-5-10(3)7-11(12)4/h5-7,13,19H,1,8H2,2-4H3,(H,17,21)(H,18,20,22). The van der Waals surface area contributed by atoms with Crippen molar-refractivity contribution in [3.63, 3.8) is 0 Å². The summed E-state index contributed by atoms with van der Waals surface area (Å²) in [5.74, 6) is -0.410. The second-order valence-electron chi connectivity index (χ2n) is 5.48. The van der Waals surface area contributed by atoms with Crippen LogP contribution in [-0.2, 0) is 9.59 Å². The van der Waals surface area contributed by atoms with Crippen LogP contribution in [0, 0.1) is 13.8 Å². The summed E-state index contributed by atoms with van der Waals surface area (Å²) in [7, 11) is 0. The van der Waals surface area contributed by atoms with E-state index in [0.717, 1.165) is 16.8 Å². The van der Waals surface area contributed by atoms with Crippen molar-refractivity contribution in [3.05, 3.63) is 41.6 Å². The molecule has 0 saturated carbocycles. The van der Waals surface area contributed by atoms with Crippen molar-refractivity contribution < 1.29 is 9.59 Å². The van der Waals surface area contributed by atoms with E-state index < -0.39 is 5.25 Å². The molecule has 1 heterocycles. The van der Waals surface area contributed by atoms with Crippen molar-refractivity contribution in [3.8, 4) is 0 Å². The Morgan fingerprint density at radius 1 is 1.43 bits per heavy atom. The number of nitrogens with zero attached hydrogens (tertiary/aromatic N) is 1. The summed E-state index contributed by atoms with van der Waals surface area (Å²) >= 11 is 1.23. The third-order valence-electron chi connectivity index (χ3n) is 3.15. The second kappa shape index (κ2) is 7.32. The molecule has 1 atom stereocenters. The highest BCUT2D eigenvalue weighted by Gasteiger charge is 2.32. The summed E-state index contributed by atoms with van der Waals surface area (Å²) in [6.07, 6.45) is 0.0932. The van der Waals surface area contributed by atoms with Gasteiger partial charge in [0.2, 0.25) is 11.8 Å². The van der Waals surface area contributed by atoms with Gasteiger partial charge >= 0.3 is 0 Å². The number of carbonyl (C=O) groups excluding carboxylic acids is 2. The summed E-state index contributed by atoms with van der Waals surface area (Å²) < 4.78 is 0. The lowest BCUT2D eigenvalue weighted by molar-refractivity contribution is -0.122. The third kappa shape index (κ3) is 4.85. The Morgan fingerprint density at radius 2 is 2.17 bits per heavy atom. The summed E-state index contributed by atoms with van der Waals surface area (Å²) in [6.45, 7) is 9.36. The fourth-order valence-electron chi connectivity index (χ4n) is 2.06. The van der Waals surface area contributed by atoms with Crippen LogP contribution >= 0.6 is 11.8 Å². The largest absolute Gasteiger partial charge is 0.326 e. The molecular formula is C16H20N4O2S. The number of hydrogen-bond acceptors (Lipinski definition) is 5. The first-order chi connectivity index (χ1) is 10.8. The average molecular weight is 332 g/mol. The molecule has 6 nitrogen and oxygen atoms in total. The van der Waals surface area contributed by atoms with Gasteiger partial charge in [-0.2, -0.15) is 5.10 Å². The highest BCUT2D eigenvalue weighted by Crippen LogP contribution is 2.23. The van der Waals surface area contributed by atoms with Crippen LogP contribution in [0.15, 0.2) is 35.6 Å². The van der Waals surface area contributed by atoms with Crippen LogP contribution in [0.1, 0.15) is 24.5 Å². The molecule has 1 aliphatic heterocycles. The van der Waals surface area contributed by atoms with Gasteiger partial charge in [0, 0.05) is 17.8 Å². The molecule has 1 aromatic carbocycles. The molecule has 0 aliphatic carbocycles. The maximum Gasteiger partial charge on any atom is 0.240 e. The van der Waals surface area contributed by atoms with Crippen molar-refractivity contribution in [2.24, 2.45) is 5.10 Å². The van der Waals surface area contributed by atoms with Gasteiger partial charge in [0.1, 0.15) is 5.25 Å². The number of hydrazone groups is 1. The van der Waals surface area contributed by atoms with Gasteiger partial charge in [-0.15, -0.1) is 0 Å². The molecule has 2 rings (SSSR count). The van der Waals surface area contributed by atoms with Crippen molar-refractivity contribution in [1.82, 2.24) is 10.7 Å². The number of thioether (sulfide) groups is 1. The number of amidine groups is 1. The van der Waals surface area contributed by atoms with Gasteiger partial charge < -0.3 is 10.6 Å². The predicted octanol–water partition coefficient (Wildman–Crippen LogP) is 2.26. The predicted molar refractivity (Wildman–Crippen MR) is 94.1 cm³/mol. The van der Waals surface area contributed by atoms with Crippen LogP contribution in [-0.4, -0.2) is 22.2 Å². The zero-order valence-electron chi connectivity index (χ0n) is 13.4. The van der Waals surface area contributed by atoms with Gasteiger partial charge in [0.15, 0.2) is 5.17 Å². The van der Waals surface area contributed by atoms with E-state index in [4.69, 9.17) is 0 Å². The number of aryl methyl sites for hydroxylation is 2. The molecular weight excluding hydrogens is 312 g/mol. The number of nitrogens with one attached hydrogen (secondary N) is 3. The van der Waals surface area contributed by atoms with E-state index in [9.17, 15) is 9.59 Å². The van der Waals surface area contributed by atoms with Crippen LogP contribution in [0.4, 0.5) is 5.69 Å². The van der Waals surface area contributed by atoms with Crippen LogP contribution in [0.5, 0.6) is 0 Å². The Morgan fingerprint density at radius 3 is 2.83 bits per heavy atom. The number of amides is 2. The smallest absolute Gasteiger partial charge is 0.240 e.